The van der Waals surface area contributed by atoms with E-state index in [1.807, 2.05) is 0 Å². The number of nitrogens with two attached hydrogens (primary N) is 1. The van der Waals surface area contributed by atoms with Gasteiger partial charge in [-0.3, -0.25) is 0 Å². The number of thiazole rings is 1. The Hall–Kier alpha value is -3.95. The average molecular weight is 478 g/mol. The van der Waals surface area contributed by atoms with Crippen molar-refractivity contribution in [3.63, 3.8) is 0 Å². The fourth-order valence-corrected chi connectivity index (χ4v) is 5.19. The second-order valence-electron chi connectivity index (χ2n) is 8.10. The average Bonchev–Trinajstić information content (AvgIpc) is 3.43. The largest absolute Gasteiger partial charge is 0.346 e. The summed E-state index contributed by atoms with van der Waals surface area (Å²) < 4.78 is 14.9. The Morgan fingerprint density at radius 1 is 1.26 bits per heavy atom. The molecule has 1 aliphatic rings. The molecule has 0 atom stereocenters. The molecule has 0 bridgehead atoms. The van der Waals surface area contributed by atoms with E-state index in [0.29, 0.717) is 22.3 Å². The highest BCUT2D eigenvalue weighted by Gasteiger charge is 2.26. The van der Waals surface area contributed by atoms with Gasteiger partial charge in [-0.25, -0.2) is 14.4 Å². The summed E-state index contributed by atoms with van der Waals surface area (Å²) in [6.45, 7) is 5.37. The van der Waals surface area contributed by atoms with Crippen LogP contribution in [-0.4, -0.2) is 58.0 Å². The van der Waals surface area contributed by atoms with Gasteiger partial charge in [0, 0.05) is 49.6 Å². The van der Waals surface area contributed by atoms with Gasteiger partial charge in [0.05, 0.1) is 27.2 Å². The second-order valence-corrected chi connectivity index (χ2v) is 9.11. The molecule has 2 N–H and O–H groups in total. The topological polar surface area (TPSA) is 129 Å². The third-order valence-electron chi connectivity index (χ3n) is 5.95. The first kappa shape index (κ1) is 21.9. The molecule has 5 rings (SSSR count). The Labute approximate surface area is 198 Å². The van der Waals surface area contributed by atoms with Gasteiger partial charge in [0.1, 0.15) is 17.6 Å². The van der Waals surface area contributed by atoms with Crippen molar-refractivity contribution in [3.8, 4) is 27.8 Å². The summed E-state index contributed by atoms with van der Waals surface area (Å²) in [6, 6.07) is 5.98. The van der Waals surface area contributed by atoms with Crippen molar-refractivity contribution in [1.82, 2.24) is 24.8 Å². The molecule has 3 aromatic heterocycles. The molecule has 0 radical (unpaired) electrons. The summed E-state index contributed by atoms with van der Waals surface area (Å²) in [5.41, 5.74) is 1.77. The van der Waals surface area contributed by atoms with Crippen LogP contribution in [0.3, 0.4) is 0 Å². The molecule has 10 nitrogen and oxygen atoms in total. The minimum Gasteiger partial charge on any atom is -0.346 e. The minimum absolute atomic E-state index is 0.0555. The van der Waals surface area contributed by atoms with E-state index in [0.717, 1.165) is 47.0 Å². The number of aryl methyl sites for hydroxylation is 1. The molecule has 1 fully saturated rings. The number of nitrogen functional groups attached to an aromatic ring is 1. The molecule has 0 saturated carbocycles. The Kier molecular flexibility index (Phi) is 5.43. The van der Waals surface area contributed by atoms with Crippen LogP contribution in [0.1, 0.15) is 11.3 Å². The fraction of sp³-hybridized carbons (Fsp3) is 0.273. The molecular weight excluding hydrogens is 457 g/mol. The van der Waals surface area contributed by atoms with Crippen LogP contribution >= 0.6 is 11.3 Å². The van der Waals surface area contributed by atoms with Crippen LogP contribution in [0.25, 0.3) is 32.7 Å². The van der Waals surface area contributed by atoms with E-state index in [2.05, 4.69) is 43.2 Å². The number of aromatic nitrogens is 4. The highest BCUT2D eigenvalue weighted by atomic mass is 32.1. The zero-order chi connectivity index (χ0) is 24.0. The van der Waals surface area contributed by atoms with Crippen LogP contribution in [0.2, 0.25) is 0 Å². The molecule has 0 amide bonds. The summed E-state index contributed by atoms with van der Waals surface area (Å²) in [7, 11) is 2.09. The maximum absolute atomic E-state index is 14.9. The van der Waals surface area contributed by atoms with Gasteiger partial charge in [-0.1, -0.05) is 11.3 Å². The van der Waals surface area contributed by atoms with Gasteiger partial charge in [0.15, 0.2) is 10.8 Å². The maximum Gasteiger partial charge on any atom is 0.185 e. The van der Waals surface area contributed by atoms with E-state index in [9.17, 15) is 14.6 Å². The molecule has 1 saturated heterocycles. The zero-order valence-electron chi connectivity index (χ0n) is 18.5. The van der Waals surface area contributed by atoms with Crippen molar-refractivity contribution in [2.45, 2.75) is 6.92 Å². The van der Waals surface area contributed by atoms with Crippen LogP contribution in [0.15, 0.2) is 29.6 Å². The first-order chi connectivity index (χ1) is 16.4. The van der Waals surface area contributed by atoms with Crippen molar-refractivity contribution in [2.24, 2.45) is 5.18 Å². The van der Waals surface area contributed by atoms with Crippen molar-refractivity contribution < 1.29 is 4.39 Å². The Bertz CT molecular complexity index is 1460. The number of hydrogen-bond donors (Lipinski definition) is 1. The van der Waals surface area contributed by atoms with Crippen LogP contribution in [0, 0.1) is 29.0 Å². The predicted octanol–water partition coefficient (Wildman–Crippen LogP) is 3.40. The standard InChI is InChI=1S/C22H20FN9OS/c1-12-18-19(17-11-26-22(34-17)31-7-5-30(2)6-8-31)15(10-24)20(27-21(18)32(25)28-12)14-4-3-13(29-33)9-16(14)23/h3-4,9,11H,5-8,25H2,1-2H3. The first-order valence-corrected chi connectivity index (χ1v) is 11.3. The number of nitroso groups, excluding NO2 is 1. The van der Waals surface area contributed by atoms with Crippen LogP contribution in [-0.2, 0) is 0 Å². The number of piperazine rings is 1. The van der Waals surface area contributed by atoms with E-state index in [-0.39, 0.29) is 22.5 Å². The maximum atomic E-state index is 14.9. The first-order valence-electron chi connectivity index (χ1n) is 10.5. The molecular formula is C22H20FN9OS. The Morgan fingerprint density at radius 3 is 2.71 bits per heavy atom. The molecule has 12 heteroatoms. The third-order valence-corrected chi connectivity index (χ3v) is 7.03. The van der Waals surface area contributed by atoms with Gasteiger partial charge in [-0.05, 0) is 31.3 Å². The molecule has 172 valence electrons. The van der Waals surface area contributed by atoms with E-state index in [1.165, 1.54) is 23.5 Å². The zero-order valence-corrected chi connectivity index (χ0v) is 19.3. The molecule has 1 aromatic carbocycles. The minimum atomic E-state index is -0.714. The van der Waals surface area contributed by atoms with E-state index >= 15 is 0 Å². The smallest absolute Gasteiger partial charge is 0.185 e. The number of likely N-dealkylation sites (N-methyl/N-ethyl adjacent to an activating group) is 1. The van der Waals surface area contributed by atoms with Crippen molar-refractivity contribution in [2.75, 3.05) is 44.0 Å². The summed E-state index contributed by atoms with van der Waals surface area (Å²) >= 11 is 1.46. The van der Waals surface area contributed by atoms with Gasteiger partial charge in [-0.2, -0.15) is 15.2 Å². The van der Waals surface area contributed by atoms with Crippen LogP contribution < -0.4 is 10.7 Å². The fourth-order valence-electron chi connectivity index (χ4n) is 4.17. The van der Waals surface area contributed by atoms with Gasteiger partial charge in [-0.15, -0.1) is 4.91 Å². The Morgan fingerprint density at radius 2 is 2.03 bits per heavy atom. The molecule has 1 aliphatic heterocycles. The molecule has 34 heavy (non-hydrogen) atoms. The van der Waals surface area contributed by atoms with Crippen LogP contribution in [0.4, 0.5) is 15.2 Å². The van der Waals surface area contributed by atoms with E-state index in [1.54, 1.807) is 13.1 Å². The number of pyridine rings is 1. The molecule has 0 unspecified atom stereocenters. The number of halogens is 1. The number of fused-ring (bicyclic) bond motifs is 1. The van der Waals surface area contributed by atoms with Gasteiger partial charge >= 0.3 is 0 Å². The lowest BCUT2D eigenvalue weighted by Gasteiger charge is -2.32. The van der Waals surface area contributed by atoms with Gasteiger partial charge in [0.25, 0.3) is 0 Å². The SMILES string of the molecule is Cc1nn(N)c2nc(-c3ccc(N=O)cc3F)c(C#N)c(-c3cnc(N4CCN(C)CC4)s3)c12. The lowest BCUT2D eigenvalue weighted by atomic mass is 9.97. The monoisotopic (exact) mass is 477 g/mol. The number of anilines is 1. The predicted molar refractivity (Wildman–Crippen MR) is 129 cm³/mol. The number of nitriles is 1. The quantitative estimate of drug-likeness (QED) is 0.350. The summed E-state index contributed by atoms with van der Waals surface area (Å²) in [6.07, 6.45) is 1.72. The number of nitrogens with zero attached hydrogens (tertiary/aromatic N) is 8. The second kappa shape index (κ2) is 8.44. The summed E-state index contributed by atoms with van der Waals surface area (Å²) in [5, 5.41) is 18.7. The molecule has 0 spiro atoms. The molecule has 4 aromatic rings. The number of benzene rings is 1. The normalized spacial score (nSPS) is 14.5. The number of hydrogen-bond acceptors (Lipinski definition) is 10. The highest BCUT2D eigenvalue weighted by molar-refractivity contribution is 7.19. The molecule has 0 aliphatic carbocycles. The van der Waals surface area contributed by atoms with Crippen molar-refractivity contribution in [1.29, 1.82) is 5.26 Å². The van der Waals surface area contributed by atoms with E-state index < -0.39 is 5.82 Å². The third kappa shape index (κ3) is 3.55. The molecule has 4 heterocycles. The van der Waals surface area contributed by atoms with Crippen molar-refractivity contribution >= 4 is 33.2 Å². The summed E-state index contributed by atoms with van der Waals surface area (Å²) in [4.78, 5) is 26.3. The number of rotatable bonds is 4. The van der Waals surface area contributed by atoms with Gasteiger partial charge in [0.2, 0.25) is 0 Å². The highest BCUT2D eigenvalue weighted by Crippen LogP contribution is 2.42. The van der Waals surface area contributed by atoms with Crippen molar-refractivity contribution in [3.05, 3.63) is 46.4 Å². The lowest BCUT2D eigenvalue weighted by Crippen LogP contribution is -2.44. The van der Waals surface area contributed by atoms with Crippen LogP contribution in [0.5, 0.6) is 0 Å². The van der Waals surface area contributed by atoms with Gasteiger partial charge < -0.3 is 15.6 Å². The lowest BCUT2D eigenvalue weighted by molar-refractivity contribution is 0.313. The Balaban J connectivity index is 1.74. The summed E-state index contributed by atoms with van der Waals surface area (Å²) in [5.74, 6) is 5.35. The van der Waals surface area contributed by atoms with E-state index in [4.69, 9.17) is 5.84 Å².